The van der Waals surface area contributed by atoms with E-state index in [4.69, 9.17) is 0 Å². The molecule has 0 aliphatic rings. The smallest absolute Gasteiger partial charge is 0.0836 e. The van der Waals surface area contributed by atoms with Crippen LogP contribution >= 0.6 is 0 Å². The van der Waals surface area contributed by atoms with Crippen LogP contribution in [0.15, 0.2) is 0 Å². The minimum Gasteiger partial charge on any atom is -0.329 e. The van der Waals surface area contributed by atoms with Gasteiger partial charge in [0.2, 0.25) is 0 Å². The van der Waals surface area contributed by atoms with Gasteiger partial charge in [-0.25, -0.2) is 0 Å². The molecule has 0 amide bonds. The van der Waals surface area contributed by atoms with E-state index in [0.717, 1.165) is 0 Å². The second-order valence-corrected chi connectivity index (χ2v) is 12.4. The van der Waals surface area contributed by atoms with Gasteiger partial charge in [-0.3, -0.25) is 0 Å². The van der Waals surface area contributed by atoms with E-state index < -0.39 is 0 Å². The van der Waals surface area contributed by atoms with Gasteiger partial charge in [-0.2, -0.15) is 0 Å². The van der Waals surface area contributed by atoms with E-state index in [9.17, 15) is 0 Å². The Morgan fingerprint density at radius 2 is 0.576 bits per heavy atom. The van der Waals surface area contributed by atoms with E-state index in [1.807, 2.05) is 0 Å². The highest BCUT2D eigenvalue weighted by Gasteiger charge is 2.18. The fourth-order valence-electron chi connectivity index (χ4n) is 4.99. The lowest BCUT2D eigenvalue weighted by Gasteiger charge is -2.33. The SMILES string of the molecule is CCCCCCCCCCCCCCCCCCCCCC[N+](C)(C)CCC[N+](C)(C)CC. The minimum absolute atomic E-state index is 1.17. The largest absolute Gasteiger partial charge is 0.329 e. The molecule has 0 atom stereocenters. The lowest BCUT2D eigenvalue weighted by molar-refractivity contribution is -0.908. The Kier molecular flexibility index (Phi) is 22.3. The molecule has 0 aliphatic heterocycles. The first kappa shape index (κ1) is 32.9. The molecule has 0 saturated heterocycles. The molecule has 0 aromatic carbocycles. The Bertz CT molecular complexity index is 388. The van der Waals surface area contributed by atoms with Gasteiger partial charge in [-0.1, -0.05) is 122 Å². The average molecular weight is 469 g/mol. The molecule has 0 fully saturated rings. The van der Waals surface area contributed by atoms with E-state index in [1.54, 1.807) is 0 Å². The fourth-order valence-corrected chi connectivity index (χ4v) is 4.99. The molecule has 0 aliphatic carbocycles. The summed E-state index contributed by atoms with van der Waals surface area (Å²) in [4.78, 5) is 0. The van der Waals surface area contributed by atoms with Crippen LogP contribution in [0.5, 0.6) is 0 Å². The van der Waals surface area contributed by atoms with Crippen molar-refractivity contribution in [1.29, 1.82) is 0 Å². The van der Waals surface area contributed by atoms with Crippen molar-refractivity contribution >= 4 is 0 Å². The van der Waals surface area contributed by atoms with Crippen molar-refractivity contribution in [2.75, 3.05) is 54.4 Å². The number of nitrogens with zero attached hydrogens (tertiary/aromatic N) is 2. The van der Waals surface area contributed by atoms with Crippen LogP contribution in [0.4, 0.5) is 0 Å². The van der Waals surface area contributed by atoms with Gasteiger partial charge < -0.3 is 8.97 Å². The highest BCUT2D eigenvalue weighted by atomic mass is 15.3. The fraction of sp³-hybridized carbons (Fsp3) is 1.00. The summed E-state index contributed by atoms with van der Waals surface area (Å²) in [6.07, 6.45) is 30.7. The van der Waals surface area contributed by atoms with Gasteiger partial charge in [-0.05, 0) is 19.8 Å². The van der Waals surface area contributed by atoms with E-state index in [0.29, 0.717) is 0 Å². The summed E-state index contributed by atoms with van der Waals surface area (Å²) in [6, 6.07) is 0. The molecule has 0 N–H and O–H groups in total. The van der Waals surface area contributed by atoms with Gasteiger partial charge in [0.1, 0.15) is 0 Å². The van der Waals surface area contributed by atoms with Crippen molar-refractivity contribution in [1.82, 2.24) is 0 Å². The van der Waals surface area contributed by atoms with Crippen LogP contribution in [0.3, 0.4) is 0 Å². The molecule has 0 bridgehead atoms. The predicted octanol–water partition coefficient (Wildman–Crippen LogP) is 9.37. The highest BCUT2D eigenvalue weighted by molar-refractivity contribution is 4.51. The first-order chi connectivity index (χ1) is 15.8. The number of hydrogen-bond acceptors (Lipinski definition) is 0. The van der Waals surface area contributed by atoms with Crippen LogP contribution < -0.4 is 0 Å². The molecule has 200 valence electrons. The molecule has 0 unspecified atom stereocenters. The van der Waals surface area contributed by atoms with Crippen LogP contribution in [0.2, 0.25) is 0 Å². The van der Waals surface area contributed by atoms with Crippen molar-refractivity contribution in [2.45, 2.75) is 149 Å². The molecule has 0 aromatic rings. The van der Waals surface area contributed by atoms with E-state index >= 15 is 0 Å². The van der Waals surface area contributed by atoms with Crippen molar-refractivity contribution in [3.8, 4) is 0 Å². The maximum atomic E-state index is 2.43. The Morgan fingerprint density at radius 3 is 0.909 bits per heavy atom. The standard InChI is InChI=1S/C31H68N2/c1-7-9-10-11-12-13-14-15-16-17-18-19-20-21-22-23-24-25-26-27-29-33(5,6)31-28-30-32(3,4)8-2/h7-31H2,1-6H3/q+2. The van der Waals surface area contributed by atoms with Gasteiger partial charge in [0.05, 0.1) is 54.4 Å². The zero-order chi connectivity index (χ0) is 24.7. The van der Waals surface area contributed by atoms with E-state index in [2.05, 4.69) is 42.0 Å². The summed E-state index contributed by atoms with van der Waals surface area (Å²) in [5.41, 5.74) is 0. The zero-order valence-corrected chi connectivity index (χ0v) is 24.6. The maximum Gasteiger partial charge on any atom is 0.0836 e. The Balaban J connectivity index is 3.27. The Hall–Kier alpha value is -0.0800. The molecule has 0 spiro atoms. The number of unbranched alkanes of at least 4 members (excludes halogenated alkanes) is 19. The van der Waals surface area contributed by atoms with Crippen molar-refractivity contribution in [3.05, 3.63) is 0 Å². The highest BCUT2D eigenvalue weighted by Crippen LogP contribution is 2.15. The summed E-state index contributed by atoms with van der Waals surface area (Å²) < 4.78 is 2.38. The van der Waals surface area contributed by atoms with Gasteiger partial charge >= 0.3 is 0 Å². The molecule has 33 heavy (non-hydrogen) atoms. The molecule has 0 heterocycles. The lowest BCUT2D eigenvalue weighted by Crippen LogP contribution is -2.45. The van der Waals surface area contributed by atoms with Crippen LogP contribution in [0.1, 0.15) is 149 Å². The molecular weight excluding hydrogens is 400 g/mol. The van der Waals surface area contributed by atoms with E-state index in [-0.39, 0.29) is 0 Å². The molecule has 2 nitrogen and oxygen atoms in total. The number of rotatable bonds is 26. The monoisotopic (exact) mass is 469 g/mol. The number of quaternary nitrogens is 2. The first-order valence-corrected chi connectivity index (χ1v) is 15.5. The molecule has 2 heteroatoms. The Labute approximate surface area is 212 Å². The Morgan fingerprint density at radius 1 is 0.303 bits per heavy atom. The minimum atomic E-state index is 1.17. The summed E-state index contributed by atoms with van der Waals surface area (Å²) in [5, 5.41) is 0. The third kappa shape index (κ3) is 24.8. The topological polar surface area (TPSA) is 0 Å². The zero-order valence-electron chi connectivity index (χ0n) is 24.6. The average Bonchev–Trinajstić information content (AvgIpc) is 2.77. The van der Waals surface area contributed by atoms with Gasteiger partial charge in [-0.15, -0.1) is 0 Å². The molecule has 0 saturated carbocycles. The van der Waals surface area contributed by atoms with Gasteiger partial charge in [0, 0.05) is 6.42 Å². The van der Waals surface area contributed by atoms with Crippen molar-refractivity contribution in [3.63, 3.8) is 0 Å². The lowest BCUT2D eigenvalue weighted by atomic mass is 10.0. The third-order valence-corrected chi connectivity index (χ3v) is 8.00. The molecule has 0 aromatic heterocycles. The van der Waals surface area contributed by atoms with Crippen LogP contribution in [-0.4, -0.2) is 63.3 Å². The maximum absolute atomic E-state index is 2.43. The molecule has 0 radical (unpaired) electrons. The predicted molar refractivity (Wildman–Crippen MR) is 152 cm³/mol. The second kappa shape index (κ2) is 22.4. The van der Waals surface area contributed by atoms with Crippen molar-refractivity contribution < 1.29 is 8.97 Å². The first-order valence-electron chi connectivity index (χ1n) is 15.5. The third-order valence-electron chi connectivity index (χ3n) is 8.00. The van der Waals surface area contributed by atoms with Crippen LogP contribution in [0, 0.1) is 0 Å². The van der Waals surface area contributed by atoms with Crippen LogP contribution in [0.25, 0.3) is 0 Å². The quantitative estimate of drug-likeness (QED) is 0.0875. The summed E-state index contributed by atoms with van der Waals surface area (Å²) >= 11 is 0. The summed E-state index contributed by atoms with van der Waals surface area (Å²) in [5.74, 6) is 0. The van der Waals surface area contributed by atoms with Crippen LogP contribution in [-0.2, 0) is 0 Å². The molecule has 0 rings (SSSR count). The van der Waals surface area contributed by atoms with Gasteiger partial charge in [0.25, 0.3) is 0 Å². The number of hydrogen-bond donors (Lipinski definition) is 0. The normalized spacial score (nSPS) is 12.5. The second-order valence-electron chi connectivity index (χ2n) is 12.4. The van der Waals surface area contributed by atoms with E-state index in [1.165, 1.54) is 170 Å². The van der Waals surface area contributed by atoms with Crippen molar-refractivity contribution in [2.24, 2.45) is 0 Å². The summed E-state index contributed by atoms with van der Waals surface area (Å²) in [7, 11) is 9.58. The summed E-state index contributed by atoms with van der Waals surface area (Å²) in [6.45, 7) is 9.86. The van der Waals surface area contributed by atoms with Gasteiger partial charge in [0.15, 0.2) is 0 Å². The molecular formula is C31H68N2+2.